The molecule has 0 aromatic carbocycles. The lowest BCUT2D eigenvalue weighted by Crippen LogP contribution is -2.12. The Labute approximate surface area is 92.1 Å². The van der Waals surface area contributed by atoms with E-state index < -0.39 is 0 Å². The Balaban J connectivity index is 1.87. The smallest absolute Gasteiger partial charge is 0.162 e. The summed E-state index contributed by atoms with van der Waals surface area (Å²) in [4.78, 5) is 4.60. The molecule has 0 aliphatic carbocycles. The van der Waals surface area contributed by atoms with Crippen molar-refractivity contribution in [3.05, 3.63) is 29.5 Å². The van der Waals surface area contributed by atoms with Gasteiger partial charge in [-0.2, -0.15) is 0 Å². The zero-order valence-electron chi connectivity index (χ0n) is 8.27. The second kappa shape index (κ2) is 3.79. The van der Waals surface area contributed by atoms with E-state index in [0.29, 0.717) is 6.04 Å². The first-order valence-corrected chi connectivity index (χ1v) is 6.04. The molecule has 0 spiro atoms. The van der Waals surface area contributed by atoms with Gasteiger partial charge in [-0.05, 0) is 31.5 Å². The van der Waals surface area contributed by atoms with Crippen LogP contribution >= 0.6 is 11.3 Å². The minimum absolute atomic E-state index is 0.449. The lowest BCUT2D eigenvalue weighted by atomic mass is 10.2. The van der Waals surface area contributed by atoms with Crippen molar-refractivity contribution in [3.63, 3.8) is 0 Å². The highest BCUT2D eigenvalue weighted by Gasteiger charge is 2.19. The third-order valence-corrected chi connectivity index (χ3v) is 3.55. The first-order chi connectivity index (χ1) is 7.43. The fourth-order valence-electron chi connectivity index (χ4n) is 1.90. The van der Waals surface area contributed by atoms with Crippen LogP contribution in [-0.4, -0.2) is 11.5 Å². The van der Waals surface area contributed by atoms with Crippen LogP contribution < -0.4 is 5.32 Å². The summed E-state index contributed by atoms with van der Waals surface area (Å²) in [5, 5.41) is 6.55. The lowest BCUT2D eigenvalue weighted by Gasteiger charge is -2.04. The van der Waals surface area contributed by atoms with Crippen LogP contribution in [0, 0.1) is 0 Å². The fraction of sp³-hybridized carbons (Fsp3) is 0.364. The molecule has 78 valence electrons. The van der Waals surface area contributed by atoms with Crippen molar-refractivity contribution in [2.24, 2.45) is 0 Å². The van der Waals surface area contributed by atoms with Crippen LogP contribution in [-0.2, 0) is 0 Å². The molecule has 4 heteroatoms. The Bertz CT molecular complexity index is 429. The molecule has 1 fully saturated rings. The summed E-state index contributed by atoms with van der Waals surface area (Å²) in [7, 11) is 0. The first-order valence-electron chi connectivity index (χ1n) is 5.16. The van der Waals surface area contributed by atoms with Gasteiger partial charge in [-0.25, -0.2) is 4.98 Å². The highest BCUT2D eigenvalue weighted by molar-refractivity contribution is 7.13. The van der Waals surface area contributed by atoms with Crippen LogP contribution in [0.15, 0.2) is 28.2 Å². The zero-order valence-corrected chi connectivity index (χ0v) is 9.09. The quantitative estimate of drug-likeness (QED) is 0.845. The Morgan fingerprint density at radius 2 is 2.53 bits per heavy atom. The van der Waals surface area contributed by atoms with Gasteiger partial charge in [0, 0.05) is 5.38 Å². The topological polar surface area (TPSA) is 38.1 Å². The summed E-state index contributed by atoms with van der Waals surface area (Å²) in [5.74, 6) is 0.865. The number of nitrogens with zero attached hydrogens (tertiary/aromatic N) is 1. The maximum absolute atomic E-state index is 5.32. The number of thiazole rings is 1. The Hall–Kier alpha value is -1.13. The molecular formula is C11H12N2OS. The van der Waals surface area contributed by atoms with E-state index in [1.807, 2.05) is 12.1 Å². The predicted molar refractivity (Wildman–Crippen MR) is 59.8 cm³/mol. The zero-order chi connectivity index (χ0) is 10.1. The molecule has 0 saturated carbocycles. The number of furan rings is 1. The highest BCUT2D eigenvalue weighted by Crippen LogP contribution is 2.29. The summed E-state index contributed by atoms with van der Waals surface area (Å²) in [6.45, 7) is 1.11. The molecule has 1 N–H and O–H groups in total. The molecule has 1 aliphatic heterocycles. The van der Waals surface area contributed by atoms with Gasteiger partial charge in [0.2, 0.25) is 0 Å². The second-order valence-electron chi connectivity index (χ2n) is 3.70. The van der Waals surface area contributed by atoms with E-state index in [2.05, 4.69) is 15.7 Å². The van der Waals surface area contributed by atoms with E-state index >= 15 is 0 Å². The third kappa shape index (κ3) is 1.70. The molecule has 0 unspecified atom stereocenters. The molecule has 2 aromatic heterocycles. The van der Waals surface area contributed by atoms with Crippen LogP contribution in [0.25, 0.3) is 10.8 Å². The molecule has 0 amide bonds. The summed E-state index contributed by atoms with van der Waals surface area (Å²) in [5.41, 5.74) is 1.16. The molecule has 1 saturated heterocycles. The summed E-state index contributed by atoms with van der Waals surface area (Å²) in [6, 6.07) is 4.29. The van der Waals surface area contributed by atoms with E-state index in [1.54, 1.807) is 17.6 Å². The number of nitrogens with one attached hydrogen (secondary N) is 1. The van der Waals surface area contributed by atoms with Crippen molar-refractivity contribution >= 4 is 11.3 Å². The lowest BCUT2D eigenvalue weighted by molar-refractivity contribution is 0.580. The predicted octanol–water partition coefficient (Wildman–Crippen LogP) is 2.83. The van der Waals surface area contributed by atoms with Crippen LogP contribution in [0.1, 0.15) is 24.6 Å². The van der Waals surface area contributed by atoms with E-state index in [0.717, 1.165) is 23.0 Å². The minimum Gasteiger partial charge on any atom is -0.462 e. The van der Waals surface area contributed by atoms with E-state index in [4.69, 9.17) is 4.42 Å². The van der Waals surface area contributed by atoms with Gasteiger partial charge in [0.05, 0.1) is 18.0 Å². The van der Waals surface area contributed by atoms with Gasteiger partial charge in [-0.1, -0.05) is 0 Å². The largest absolute Gasteiger partial charge is 0.462 e. The fourth-order valence-corrected chi connectivity index (χ4v) is 2.74. The SMILES string of the molecule is c1coc(-c2nc([C@@H]3CCCN3)cs2)c1. The minimum atomic E-state index is 0.449. The van der Waals surface area contributed by atoms with Crippen molar-refractivity contribution in [1.82, 2.24) is 10.3 Å². The van der Waals surface area contributed by atoms with E-state index in [9.17, 15) is 0 Å². The number of hydrogen-bond acceptors (Lipinski definition) is 4. The number of hydrogen-bond donors (Lipinski definition) is 1. The molecule has 0 radical (unpaired) electrons. The maximum Gasteiger partial charge on any atom is 0.162 e. The molecule has 2 aromatic rings. The molecule has 3 heterocycles. The molecule has 3 rings (SSSR count). The average molecular weight is 220 g/mol. The van der Waals surface area contributed by atoms with Crippen LogP contribution in [0.3, 0.4) is 0 Å². The molecule has 3 nitrogen and oxygen atoms in total. The van der Waals surface area contributed by atoms with Gasteiger partial charge in [0.15, 0.2) is 10.8 Å². The maximum atomic E-state index is 5.32. The van der Waals surface area contributed by atoms with Gasteiger partial charge in [0.1, 0.15) is 0 Å². The number of rotatable bonds is 2. The van der Waals surface area contributed by atoms with Gasteiger partial charge >= 0.3 is 0 Å². The Morgan fingerprint density at radius 1 is 1.53 bits per heavy atom. The molecule has 15 heavy (non-hydrogen) atoms. The van der Waals surface area contributed by atoms with Gasteiger partial charge < -0.3 is 9.73 Å². The van der Waals surface area contributed by atoms with Gasteiger partial charge in [-0.3, -0.25) is 0 Å². The Morgan fingerprint density at radius 3 is 3.27 bits per heavy atom. The van der Waals surface area contributed by atoms with Crippen molar-refractivity contribution in [2.75, 3.05) is 6.54 Å². The molecule has 1 atom stereocenters. The Kier molecular flexibility index (Phi) is 2.31. The molecular weight excluding hydrogens is 208 g/mol. The van der Waals surface area contributed by atoms with Crippen molar-refractivity contribution in [3.8, 4) is 10.8 Å². The van der Waals surface area contributed by atoms with E-state index in [1.165, 1.54) is 12.8 Å². The number of aromatic nitrogens is 1. The first kappa shape index (κ1) is 9.12. The standard InChI is InChI=1S/C11H12N2OS/c1-3-8(12-5-1)9-7-15-11(13-9)10-4-2-6-14-10/h2,4,6-8,12H,1,3,5H2/t8-/m0/s1. The second-order valence-corrected chi connectivity index (χ2v) is 4.56. The molecule has 1 aliphatic rings. The van der Waals surface area contributed by atoms with E-state index in [-0.39, 0.29) is 0 Å². The third-order valence-electron chi connectivity index (χ3n) is 2.67. The average Bonchev–Trinajstić information content (AvgIpc) is 3.02. The summed E-state index contributed by atoms with van der Waals surface area (Å²) in [6.07, 6.45) is 4.13. The monoisotopic (exact) mass is 220 g/mol. The van der Waals surface area contributed by atoms with Crippen LogP contribution in [0.4, 0.5) is 0 Å². The summed E-state index contributed by atoms with van der Waals surface area (Å²) >= 11 is 1.65. The van der Waals surface area contributed by atoms with Crippen molar-refractivity contribution in [1.29, 1.82) is 0 Å². The van der Waals surface area contributed by atoms with Gasteiger partial charge in [-0.15, -0.1) is 11.3 Å². The van der Waals surface area contributed by atoms with Gasteiger partial charge in [0.25, 0.3) is 0 Å². The van der Waals surface area contributed by atoms with Crippen molar-refractivity contribution in [2.45, 2.75) is 18.9 Å². The molecule has 0 bridgehead atoms. The highest BCUT2D eigenvalue weighted by atomic mass is 32.1. The summed E-state index contributed by atoms with van der Waals surface area (Å²) < 4.78 is 5.32. The van der Waals surface area contributed by atoms with Crippen LogP contribution in [0.2, 0.25) is 0 Å². The van der Waals surface area contributed by atoms with Crippen LogP contribution in [0.5, 0.6) is 0 Å². The van der Waals surface area contributed by atoms with Crippen molar-refractivity contribution < 1.29 is 4.42 Å². The normalized spacial score (nSPS) is 20.9.